The monoisotopic (exact) mass is 495 g/mol. The van der Waals surface area contributed by atoms with E-state index in [1.807, 2.05) is 0 Å². The van der Waals surface area contributed by atoms with Gasteiger partial charge >= 0.3 is 6.18 Å². The minimum Gasteiger partial charge on any atom is -0.388 e. The quantitative estimate of drug-likeness (QED) is 0.574. The van der Waals surface area contributed by atoms with E-state index in [4.69, 9.17) is 4.74 Å². The highest BCUT2D eigenvalue weighted by Gasteiger charge is 2.54. The maximum atomic E-state index is 14.5. The van der Waals surface area contributed by atoms with Crippen molar-refractivity contribution < 1.29 is 32.2 Å². The third kappa shape index (κ3) is 5.49. The van der Waals surface area contributed by atoms with Crippen LogP contribution in [0, 0.1) is 5.92 Å². The van der Waals surface area contributed by atoms with Crippen molar-refractivity contribution in [2.75, 3.05) is 13.2 Å². The number of rotatable bonds is 7. The molecule has 1 aromatic heterocycles. The van der Waals surface area contributed by atoms with Crippen LogP contribution >= 0.6 is 0 Å². The van der Waals surface area contributed by atoms with Crippen LogP contribution in [0.1, 0.15) is 31.9 Å². The standard InChI is InChI=1S/C25H29F4N3O3/c1-14(2)10-19(24(34)32-12-18(26)22-21(32)20(33)13-35-22)31-23(25(27,28)29)17-5-3-4-16(11-17)15-6-8-30-9-7-15/h3-9,11,14,18-23,31,33H,10,12-13H2,1-2H3/t18-,19-,20-,21+,22+,23-/m0/s1. The number of hydrogen-bond donors (Lipinski definition) is 2. The van der Waals surface area contributed by atoms with Crippen molar-refractivity contribution in [1.82, 2.24) is 15.2 Å². The Balaban J connectivity index is 1.63. The Hall–Kier alpha value is -2.56. The second-order valence-electron chi connectivity index (χ2n) is 9.55. The molecule has 0 aliphatic carbocycles. The molecular formula is C25H29F4N3O3. The maximum Gasteiger partial charge on any atom is 0.407 e. The van der Waals surface area contributed by atoms with Crippen molar-refractivity contribution in [2.24, 2.45) is 5.92 Å². The first-order valence-corrected chi connectivity index (χ1v) is 11.6. The summed E-state index contributed by atoms with van der Waals surface area (Å²) in [4.78, 5) is 18.5. The number of aliphatic hydroxyl groups is 1. The van der Waals surface area contributed by atoms with Gasteiger partial charge in [-0.25, -0.2) is 4.39 Å². The van der Waals surface area contributed by atoms with Crippen molar-refractivity contribution in [1.29, 1.82) is 0 Å². The zero-order valence-electron chi connectivity index (χ0n) is 19.5. The lowest BCUT2D eigenvalue weighted by Gasteiger charge is -2.33. The van der Waals surface area contributed by atoms with Gasteiger partial charge in [0.15, 0.2) is 0 Å². The van der Waals surface area contributed by atoms with Gasteiger partial charge in [0.05, 0.1) is 25.2 Å². The fourth-order valence-corrected chi connectivity index (χ4v) is 4.91. The molecule has 0 radical (unpaired) electrons. The average molecular weight is 496 g/mol. The zero-order chi connectivity index (χ0) is 25.3. The first-order valence-electron chi connectivity index (χ1n) is 11.6. The van der Waals surface area contributed by atoms with E-state index in [1.54, 1.807) is 44.4 Å². The van der Waals surface area contributed by atoms with E-state index in [-0.39, 0.29) is 31.1 Å². The highest BCUT2D eigenvalue weighted by molar-refractivity contribution is 5.83. The second-order valence-corrected chi connectivity index (χ2v) is 9.55. The molecule has 0 spiro atoms. The minimum absolute atomic E-state index is 0.0414. The summed E-state index contributed by atoms with van der Waals surface area (Å²) in [6.07, 6.45) is -5.03. The third-order valence-corrected chi connectivity index (χ3v) is 6.49. The SMILES string of the molecule is CC(C)C[C@H](N[C@@H](c1cccc(-c2ccncc2)c1)C(F)(F)F)C(=O)N1C[C@H](F)[C@H]2OC[C@H](O)[C@H]21. The Bertz CT molecular complexity index is 1020. The van der Waals surface area contributed by atoms with Crippen LogP contribution < -0.4 is 5.32 Å². The Morgan fingerprint density at radius 1 is 1.23 bits per heavy atom. The van der Waals surface area contributed by atoms with Crippen molar-refractivity contribution in [3.05, 3.63) is 54.4 Å². The summed E-state index contributed by atoms with van der Waals surface area (Å²) >= 11 is 0. The van der Waals surface area contributed by atoms with Gasteiger partial charge in [-0.1, -0.05) is 32.0 Å². The number of nitrogens with zero attached hydrogens (tertiary/aromatic N) is 2. The second kappa shape index (κ2) is 10.2. The Morgan fingerprint density at radius 3 is 2.60 bits per heavy atom. The van der Waals surface area contributed by atoms with Crippen molar-refractivity contribution in [2.45, 2.75) is 62.9 Å². The summed E-state index contributed by atoms with van der Waals surface area (Å²) in [6, 6.07) is 5.19. The van der Waals surface area contributed by atoms with Gasteiger partial charge in [0.25, 0.3) is 0 Å². The number of carbonyl (C=O) groups is 1. The van der Waals surface area contributed by atoms with E-state index in [1.165, 1.54) is 18.2 Å². The van der Waals surface area contributed by atoms with E-state index in [0.717, 1.165) is 4.90 Å². The van der Waals surface area contributed by atoms with Gasteiger partial charge in [-0.2, -0.15) is 13.2 Å². The molecule has 2 aromatic rings. The van der Waals surface area contributed by atoms with Gasteiger partial charge in [-0.05, 0) is 47.2 Å². The minimum atomic E-state index is -4.70. The summed E-state index contributed by atoms with van der Waals surface area (Å²) in [5.41, 5.74) is 1.26. The molecule has 0 unspecified atom stereocenters. The van der Waals surface area contributed by atoms with Crippen molar-refractivity contribution in [3.63, 3.8) is 0 Å². The molecular weight excluding hydrogens is 466 g/mol. The number of amides is 1. The molecule has 35 heavy (non-hydrogen) atoms. The number of pyridine rings is 1. The van der Waals surface area contributed by atoms with Gasteiger partial charge < -0.3 is 14.7 Å². The number of ether oxygens (including phenoxy) is 1. The van der Waals surface area contributed by atoms with Gasteiger partial charge in [-0.15, -0.1) is 0 Å². The first-order chi connectivity index (χ1) is 16.6. The maximum absolute atomic E-state index is 14.5. The third-order valence-electron chi connectivity index (χ3n) is 6.49. The van der Waals surface area contributed by atoms with E-state index >= 15 is 0 Å². The summed E-state index contributed by atoms with van der Waals surface area (Å²) < 4.78 is 62.7. The average Bonchev–Trinajstić information content (AvgIpc) is 3.36. The van der Waals surface area contributed by atoms with Crippen LogP contribution in [-0.2, 0) is 9.53 Å². The number of likely N-dealkylation sites (tertiary alicyclic amines) is 1. The normalized spacial score (nSPS) is 26.1. The number of carbonyl (C=O) groups excluding carboxylic acids is 1. The number of benzene rings is 1. The summed E-state index contributed by atoms with van der Waals surface area (Å²) in [5.74, 6) is -0.782. The van der Waals surface area contributed by atoms with Crippen LogP contribution in [0.4, 0.5) is 17.6 Å². The molecule has 2 aliphatic heterocycles. The molecule has 4 rings (SSSR count). The molecule has 2 fully saturated rings. The number of aliphatic hydroxyl groups excluding tert-OH is 1. The Kier molecular flexibility index (Phi) is 7.44. The Labute approximate surface area is 201 Å². The van der Waals surface area contributed by atoms with Crippen LogP contribution in [0.5, 0.6) is 0 Å². The van der Waals surface area contributed by atoms with E-state index in [9.17, 15) is 27.5 Å². The molecule has 6 atom stereocenters. The first kappa shape index (κ1) is 25.5. The fourth-order valence-electron chi connectivity index (χ4n) is 4.91. The molecule has 2 aliphatic rings. The van der Waals surface area contributed by atoms with Crippen LogP contribution in [-0.4, -0.2) is 70.7 Å². The largest absolute Gasteiger partial charge is 0.407 e. The topological polar surface area (TPSA) is 74.7 Å². The van der Waals surface area contributed by atoms with Crippen molar-refractivity contribution >= 4 is 5.91 Å². The van der Waals surface area contributed by atoms with E-state index in [0.29, 0.717) is 11.1 Å². The lowest BCUT2D eigenvalue weighted by molar-refractivity contribution is -0.163. The number of alkyl halides is 4. The zero-order valence-corrected chi connectivity index (χ0v) is 19.5. The van der Waals surface area contributed by atoms with E-state index in [2.05, 4.69) is 10.3 Å². The summed E-state index contributed by atoms with van der Waals surface area (Å²) in [6.45, 7) is 3.16. The van der Waals surface area contributed by atoms with Crippen LogP contribution in [0.3, 0.4) is 0 Å². The van der Waals surface area contributed by atoms with Gasteiger partial charge in [-0.3, -0.25) is 15.1 Å². The molecule has 6 nitrogen and oxygen atoms in total. The molecule has 0 saturated carbocycles. The molecule has 1 aromatic carbocycles. The lowest BCUT2D eigenvalue weighted by atomic mass is 9.96. The smallest absolute Gasteiger partial charge is 0.388 e. The highest BCUT2D eigenvalue weighted by Crippen LogP contribution is 2.37. The molecule has 1 amide bonds. The molecule has 3 heterocycles. The number of hydrogen-bond acceptors (Lipinski definition) is 5. The summed E-state index contributed by atoms with van der Waals surface area (Å²) in [7, 11) is 0. The molecule has 2 saturated heterocycles. The molecule has 2 N–H and O–H groups in total. The predicted molar refractivity (Wildman–Crippen MR) is 121 cm³/mol. The molecule has 190 valence electrons. The fraction of sp³-hybridized carbons (Fsp3) is 0.520. The predicted octanol–water partition coefficient (Wildman–Crippen LogP) is 3.66. The van der Waals surface area contributed by atoms with Gasteiger partial charge in [0.2, 0.25) is 5.91 Å². The summed E-state index contributed by atoms with van der Waals surface area (Å²) in [5, 5.41) is 12.8. The number of nitrogens with one attached hydrogen (secondary N) is 1. The van der Waals surface area contributed by atoms with E-state index < -0.39 is 48.6 Å². The number of aromatic nitrogens is 1. The molecule has 10 heteroatoms. The number of halogens is 4. The number of fused-ring (bicyclic) bond motifs is 1. The highest BCUT2D eigenvalue weighted by atomic mass is 19.4. The lowest BCUT2D eigenvalue weighted by Crippen LogP contribution is -2.54. The van der Waals surface area contributed by atoms with Gasteiger partial charge in [0.1, 0.15) is 24.4 Å². The van der Waals surface area contributed by atoms with Crippen LogP contribution in [0.2, 0.25) is 0 Å². The Morgan fingerprint density at radius 2 is 1.94 bits per heavy atom. The van der Waals surface area contributed by atoms with Gasteiger partial charge in [0, 0.05) is 12.4 Å². The van der Waals surface area contributed by atoms with Crippen LogP contribution in [0.15, 0.2) is 48.8 Å². The van der Waals surface area contributed by atoms with Crippen LogP contribution in [0.25, 0.3) is 11.1 Å². The van der Waals surface area contributed by atoms with Crippen molar-refractivity contribution in [3.8, 4) is 11.1 Å². The molecule has 0 bridgehead atoms.